The molecule has 36 heavy (non-hydrogen) atoms. The number of nitrogens with zero attached hydrogens (tertiary/aromatic N) is 1. The van der Waals surface area contributed by atoms with Crippen LogP contribution in [0.2, 0.25) is 10.0 Å². The lowest BCUT2D eigenvalue weighted by Gasteiger charge is -2.38. The molecule has 1 unspecified atom stereocenters. The van der Waals surface area contributed by atoms with Gasteiger partial charge in [0.1, 0.15) is 0 Å². The van der Waals surface area contributed by atoms with Crippen molar-refractivity contribution in [3.05, 3.63) is 33.8 Å². The highest BCUT2D eigenvalue weighted by Gasteiger charge is 2.33. The number of carbonyl (C=O) groups is 1. The minimum atomic E-state index is -0.219. The Labute approximate surface area is 227 Å². The van der Waals surface area contributed by atoms with Gasteiger partial charge in [-0.2, -0.15) is 0 Å². The predicted molar refractivity (Wildman–Crippen MR) is 148 cm³/mol. The molecule has 0 aromatic heterocycles. The Morgan fingerprint density at radius 3 is 2.69 bits per heavy atom. The second-order valence-corrected chi connectivity index (χ2v) is 11.1. The van der Waals surface area contributed by atoms with Gasteiger partial charge in [-0.3, -0.25) is 0 Å². The van der Waals surface area contributed by atoms with E-state index in [0.717, 1.165) is 44.3 Å². The van der Waals surface area contributed by atoms with Crippen LogP contribution in [-0.4, -0.2) is 63.5 Å². The molecule has 1 heterocycles. The highest BCUT2D eigenvalue weighted by Crippen LogP contribution is 2.39. The van der Waals surface area contributed by atoms with E-state index in [0.29, 0.717) is 42.3 Å². The van der Waals surface area contributed by atoms with Crippen molar-refractivity contribution in [2.45, 2.75) is 76.9 Å². The van der Waals surface area contributed by atoms with Crippen LogP contribution >= 0.6 is 23.2 Å². The van der Waals surface area contributed by atoms with Gasteiger partial charge in [0, 0.05) is 57.0 Å². The summed E-state index contributed by atoms with van der Waals surface area (Å²) in [4.78, 5) is 15.3. The molecular weight excluding hydrogens is 497 g/mol. The average molecular weight is 543 g/mol. The highest BCUT2D eigenvalue weighted by molar-refractivity contribution is 6.42. The maximum absolute atomic E-state index is 13.4. The second kappa shape index (κ2) is 16.0. The molecule has 1 aliphatic heterocycles. The van der Waals surface area contributed by atoms with Crippen LogP contribution < -0.4 is 10.6 Å². The first-order valence-corrected chi connectivity index (χ1v) is 14.6. The molecule has 204 valence electrons. The van der Waals surface area contributed by atoms with Gasteiger partial charge < -0.3 is 25.0 Å². The number of halogens is 2. The SMILES string of the molecule is CCOCCCOC(c1cccc(Cl)c1Cl)[C@@H]1CCCN(C(=O)N[C@H](CNC)CC2CCCCC2)C1. The summed E-state index contributed by atoms with van der Waals surface area (Å²) in [6.45, 7) is 6.13. The molecule has 1 aromatic rings. The molecule has 1 saturated carbocycles. The van der Waals surface area contributed by atoms with Gasteiger partial charge in [0.2, 0.25) is 0 Å². The van der Waals surface area contributed by atoms with E-state index in [1.165, 1.54) is 32.1 Å². The standard InChI is InChI=1S/C28H45Cl2N3O3/c1-3-35-16-9-17-36-27(24-13-7-14-25(29)26(24)30)22-12-8-15-33(20-22)28(34)32-23(19-31-2)18-21-10-5-4-6-11-21/h7,13-14,21-23,27,31H,3-6,8-12,15-20H2,1-2H3,(H,32,34)/t22-,23+,27?/m1/s1. The van der Waals surface area contributed by atoms with E-state index in [1.54, 1.807) is 6.07 Å². The number of amides is 2. The van der Waals surface area contributed by atoms with Crippen LogP contribution in [0.4, 0.5) is 4.79 Å². The van der Waals surface area contributed by atoms with Gasteiger partial charge in [-0.15, -0.1) is 0 Å². The van der Waals surface area contributed by atoms with Gasteiger partial charge in [0.05, 0.1) is 16.1 Å². The monoisotopic (exact) mass is 541 g/mol. The molecule has 1 aromatic carbocycles. The first kappa shape index (κ1) is 29.5. The van der Waals surface area contributed by atoms with E-state index >= 15 is 0 Å². The zero-order chi connectivity index (χ0) is 25.8. The molecule has 2 fully saturated rings. The fourth-order valence-corrected chi connectivity index (χ4v) is 6.12. The largest absolute Gasteiger partial charge is 0.382 e. The molecule has 6 nitrogen and oxygen atoms in total. The molecular formula is C28H45Cl2N3O3. The first-order valence-electron chi connectivity index (χ1n) is 13.9. The molecule has 2 aliphatic rings. The third-order valence-corrected chi connectivity index (χ3v) is 8.35. The summed E-state index contributed by atoms with van der Waals surface area (Å²) in [6, 6.07) is 5.89. The van der Waals surface area contributed by atoms with Crippen molar-refractivity contribution < 1.29 is 14.3 Å². The normalized spacial score (nSPS) is 20.8. The molecule has 0 radical (unpaired) electrons. The first-order chi connectivity index (χ1) is 17.5. The molecule has 8 heteroatoms. The third kappa shape index (κ3) is 9.05. The summed E-state index contributed by atoms with van der Waals surface area (Å²) in [5, 5.41) is 7.68. The molecule has 3 atom stereocenters. The van der Waals surface area contributed by atoms with Crippen molar-refractivity contribution in [2.24, 2.45) is 11.8 Å². The molecule has 1 aliphatic carbocycles. The van der Waals surface area contributed by atoms with Crippen molar-refractivity contribution in [1.82, 2.24) is 15.5 Å². The number of rotatable bonds is 13. The van der Waals surface area contributed by atoms with Crippen LogP contribution in [-0.2, 0) is 9.47 Å². The summed E-state index contributed by atoms with van der Waals surface area (Å²) < 4.78 is 11.9. The van der Waals surface area contributed by atoms with Crippen molar-refractivity contribution in [2.75, 3.05) is 46.5 Å². The number of piperidine rings is 1. The van der Waals surface area contributed by atoms with Crippen LogP contribution in [0.3, 0.4) is 0 Å². The topological polar surface area (TPSA) is 62.8 Å². The summed E-state index contributed by atoms with van der Waals surface area (Å²) in [6.07, 6.45) is 10.1. The molecule has 3 rings (SSSR count). The van der Waals surface area contributed by atoms with Gasteiger partial charge in [0.25, 0.3) is 0 Å². The van der Waals surface area contributed by atoms with E-state index in [1.807, 2.05) is 31.0 Å². The number of hydrogen-bond acceptors (Lipinski definition) is 4. The molecule has 2 N–H and O–H groups in total. The Morgan fingerprint density at radius 1 is 1.14 bits per heavy atom. The number of ether oxygens (including phenoxy) is 2. The maximum Gasteiger partial charge on any atom is 0.317 e. The molecule has 0 spiro atoms. The van der Waals surface area contributed by atoms with Gasteiger partial charge >= 0.3 is 6.03 Å². The number of carbonyl (C=O) groups excluding carboxylic acids is 1. The van der Waals surface area contributed by atoms with Gasteiger partial charge in [-0.1, -0.05) is 67.4 Å². The highest BCUT2D eigenvalue weighted by atomic mass is 35.5. The van der Waals surface area contributed by atoms with E-state index in [2.05, 4.69) is 10.6 Å². The fourth-order valence-electron chi connectivity index (χ4n) is 5.71. The lowest BCUT2D eigenvalue weighted by Crippen LogP contribution is -2.52. The van der Waals surface area contributed by atoms with Crippen LogP contribution in [0.5, 0.6) is 0 Å². The summed E-state index contributed by atoms with van der Waals surface area (Å²) in [5.74, 6) is 0.861. The molecule has 2 amide bonds. The molecule has 0 bridgehead atoms. The number of likely N-dealkylation sites (N-methyl/N-ethyl adjacent to an activating group) is 1. The van der Waals surface area contributed by atoms with E-state index in [9.17, 15) is 4.79 Å². The van der Waals surface area contributed by atoms with Crippen molar-refractivity contribution in [1.29, 1.82) is 0 Å². The van der Waals surface area contributed by atoms with Crippen LogP contribution in [0.25, 0.3) is 0 Å². The number of nitrogens with one attached hydrogen (secondary N) is 2. The number of likely N-dealkylation sites (tertiary alicyclic amines) is 1. The van der Waals surface area contributed by atoms with E-state index < -0.39 is 0 Å². The minimum absolute atomic E-state index is 0.0306. The average Bonchev–Trinajstić information content (AvgIpc) is 2.89. The molecule has 1 saturated heterocycles. The van der Waals surface area contributed by atoms with Crippen LogP contribution in [0.15, 0.2) is 18.2 Å². The van der Waals surface area contributed by atoms with Gasteiger partial charge in [-0.25, -0.2) is 4.79 Å². The zero-order valence-corrected chi connectivity index (χ0v) is 23.6. The fraction of sp³-hybridized carbons (Fsp3) is 0.750. The van der Waals surface area contributed by atoms with E-state index in [-0.39, 0.29) is 24.1 Å². The Bertz CT molecular complexity index is 791. The van der Waals surface area contributed by atoms with Gasteiger partial charge in [-0.05, 0) is 51.6 Å². The third-order valence-electron chi connectivity index (χ3n) is 7.52. The Balaban J connectivity index is 1.65. The quantitative estimate of drug-likeness (QED) is 0.281. The number of hydrogen-bond donors (Lipinski definition) is 2. The Hall–Kier alpha value is -1.05. The summed E-state index contributed by atoms with van der Waals surface area (Å²) in [7, 11) is 1.96. The maximum atomic E-state index is 13.4. The Kier molecular flexibility index (Phi) is 13.1. The summed E-state index contributed by atoms with van der Waals surface area (Å²) >= 11 is 13.0. The van der Waals surface area contributed by atoms with Crippen LogP contribution in [0.1, 0.15) is 76.4 Å². The number of urea groups is 1. The van der Waals surface area contributed by atoms with Gasteiger partial charge in [0.15, 0.2) is 0 Å². The van der Waals surface area contributed by atoms with Crippen LogP contribution in [0, 0.1) is 11.8 Å². The smallest absolute Gasteiger partial charge is 0.317 e. The lowest BCUT2D eigenvalue weighted by molar-refractivity contribution is -0.0184. The lowest BCUT2D eigenvalue weighted by atomic mass is 9.85. The van der Waals surface area contributed by atoms with Crippen molar-refractivity contribution in [3.63, 3.8) is 0 Å². The second-order valence-electron chi connectivity index (χ2n) is 10.3. The van der Waals surface area contributed by atoms with Crippen molar-refractivity contribution in [3.8, 4) is 0 Å². The Morgan fingerprint density at radius 2 is 1.94 bits per heavy atom. The summed E-state index contributed by atoms with van der Waals surface area (Å²) in [5.41, 5.74) is 0.901. The minimum Gasteiger partial charge on any atom is -0.382 e. The predicted octanol–water partition coefficient (Wildman–Crippen LogP) is 6.46. The number of benzene rings is 1. The van der Waals surface area contributed by atoms with E-state index in [4.69, 9.17) is 32.7 Å². The van der Waals surface area contributed by atoms with Crippen molar-refractivity contribution >= 4 is 29.2 Å². The zero-order valence-electron chi connectivity index (χ0n) is 22.1.